The van der Waals surface area contributed by atoms with E-state index in [9.17, 15) is 0 Å². The van der Waals surface area contributed by atoms with Gasteiger partial charge in [0.15, 0.2) is 0 Å². The normalized spacial score (nSPS) is 32.0. The summed E-state index contributed by atoms with van der Waals surface area (Å²) in [7, 11) is 0. The van der Waals surface area contributed by atoms with E-state index in [1.165, 1.54) is 37.0 Å². The van der Waals surface area contributed by atoms with E-state index in [1.807, 2.05) is 6.07 Å². The lowest BCUT2D eigenvalue weighted by atomic mass is 9.82. The van der Waals surface area contributed by atoms with Gasteiger partial charge in [-0.3, -0.25) is 0 Å². The molecule has 2 saturated carbocycles. The molecule has 0 spiro atoms. The van der Waals surface area contributed by atoms with Gasteiger partial charge in [0.25, 0.3) is 0 Å². The highest BCUT2D eigenvalue weighted by Crippen LogP contribution is 2.50. The summed E-state index contributed by atoms with van der Waals surface area (Å²) in [6.45, 7) is 3.30. The van der Waals surface area contributed by atoms with Crippen molar-refractivity contribution in [2.24, 2.45) is 17.8 Å². The van der Waals surface area contributed by atoms with Crippen molar-refractivity contribution in [3.05, 3.63) is 21.3 Å². The van der Waals surface area contributed by atoms with Crippen LogP contribution in [-0.2, 0) is 6.42 Å². The fraction of sp³-hybridized carbons (Fsp3) is 0.733. The Balaban J connectivity index is 1.68. The van der Waals surface area contributed by atoms with Crippen LogP contribution in [0, 0.1) is 17.8 Å². The molecule has 0 aliphatic heterocycles. The standard InChI is InChI=1S/C15H22ClNS/c1-2-17-14(9-12-5-6-15(16)18-12)13-8-10-3-4-11(13)7-10/h5-6,10-11,13-14,17H,2-4,7-9H2,1H3. The van der Waals surface area contributed by atoms with Crippen LogP contribution < -0.4 is 5.32 Å². The molecular weight excluding hydrogens is 262 g/mol. The summed E-state index contributed by atoms with van der Waals surface area (Å²) < 4.78 is 0.924. The van der Waals surface area contributed by atoms with E-state index in [0.29, 0.717) is 6.04 Å². The Kier molecular flexibility index (Phi) is 3.97. The molecular formula is C15H22ClNS. The third kappa shape index (κ3) is 2.61. The van der Waals surface area contributed by atoms with Crippen molar-refractivity contribution in [3.8, 4) is 0 Å². The predicted molar refractivity (Wildman–Crippen MR) is 79.4 cm³/mol. The Hall–Kier alpha value is -0.0500. The number of hydrogen-bond acceptors (Lipinski definition) is 2. The minimum absolute atomic E-state index is 0.667. The van der Waals surface area contributed by atoms with Crippen LogP contribution in [0.15, 0.2) is 12.1 Å². The van der Waals surface area contributed by atoms with Crippen molar-refractivity contribution < 1.29 is 0 Å². The zero-order chi connectivity index (χ0) is 12.5. The van der Waals surface area contributed by atoms with Gasteiger partial charge in [-0.05, 0) is 62.1 Å². The van der Waals surface area contributed by atoms with E-state index in [4.69, 9.17) is 11.6 Å². The number of fused-ring (bicyclic) bond motifs is 2. The lowest BCUT2D eigenvalue weighted by Gasteiger charge is -2.31. The van der Waals surface area contributed by atoms with Crippen LogP contribution in [0.25, 0.3) is 0 Å². The Morgan fingerprint density at radius 2 is 2.28 bits per heavy atom. The second-order valence-corrected chi connectivity index (χ2v) is 7.71. The highest BCUT2D eigenvalue weighted by molar-refractivity contribution is 7.16. The topological polar surface area (TPSA) is 12.0 Å². The Labute approximate surface area is 119 Å². The van der Waals surface area contributed by atoms with E-state index in [0.717, 1.165) is 28.6 Å². The van der Waals surface area contributed by atoms with Crippen LogP contribution in [0.5, 0.6) is 0 Å². The quantitative estimate of drug-likeness (QED) is 0.847. The molecule has 3 rings (SSSR count). The van der Waals surface area contributed by atoms with Gasteiger partial charge >= 0.3 is 0 Å². The molecule has 2 aliphatic rings. The molecule has 2 bridgehead atoms. The van der Waals surface area contributed by atoms with Crippen molar-refractivity contribution in [2.75, 3.05) is 6.54 Å². The first-order valence-electron chi connectivity index (χ1n) is 7.24. The number of rotatable bonds is 5. The zero-order valence-corrected chi connectivity index (χ0v) is 12.6. The summed E-state index contributed by atoms with van der Waals surface area (Å²) in [5.41, 5.74) is 0. The van der Waals surface area contributed by atoms with Crippen LogP contribution in [0.3, 0.4) is 0 Å². The summed E-state index contributed by atoms with van der Waals surface area (Å²) >= 11 is 7.79. The second-order valence-electron chi connectivity index (χ2n) is 5.91. The van der Waals surface area contributed by atoms with E-state index in [2.05, 4.69) is 18.3 Å². The molecule has 1 N–H and O–H groups in total. The molecule has 1 nitrogen and oxygen atoms in total. The minimum atomic E-state index is 0.667. The lowest BCUT2D eigenvalue weighted by molar-refractivity contribution is 0.250. The SMILES string of the molecule is CCNC(Cc1ccc(Cl)s1)C1CC2CCC1C2. The van der Waals surface area contributed by atoms with Gasteiger partial charge in [0.05, 0.1) is 4.34 Å². The summed E-state index contributed by atoms with van der Waals surface area (Å²) in [6.07, 6.45) is 7.09. The van der Waals surface area contributed by atoms with Crippen molar-refractivity contribution in [1.29, 1.82) is 0 Å². The summed E-state index contributed by atoms with van der Waals surface area (Å²) in [4.78, 5) is 1.44. The van der Waals surface area contributed by atoms with Crippen LogP contribution in [-0.4, -0.2) is 12.6 Å². The summed E-state index contributed by atoms with van der Waals surface area (Å²) in [5, 5.41) is 3.73. The Bertz CT molecular complexity index is 403. The molecule has 0 aromatic carbocycles. The van der Waals surface area contributed by atoms with Crippen LogP contribution in [0.1, 0.15) is 37.5 Å². The maximum Gasteiger partial charge on any atom is 0.0931 e. The number of thiophene rings is 1. The van der Waals surface area contributed by atoms with Gasteiger partial charge in [0, 0.05) is 10.9 Å². The maximum atomic E-state index is 6.04. The average molecular weight is 284 g/mol. The number of nitrogens with one attached hydrogen (secondary N) is 1. The first-order valence-corrected chi connectivity index (χ1v) is 8.43. The number of likely N-dealkylation sites (N-methyl/N-ethyl adjacent to an activating group) is 1. The fourth-order valence-corrected chi connectivity index (χ4v) is 5.25. The monoisotopic (exact) mass is 283 g/mol. The second kappa shape index (κ2) is 5.52. The van der Waals surface area contributed by atoms with Crippen molar-refractivity contribution in [3.63, 3.8) is 0 Å². The molecule has 4 atom stereocenters. The molecule has 3 heteroatoms. The third-order valence-electron chi connectivity index (χ3n) is 4.83. The molecule has 0 saturated heterocycles. The van der Waals surface area contributed by atoms with Gasteiger partial charge < -0.3 is 5.32 Å². The van der Waals surface area contributed by atoms with Crippen molar-refractivity contribution in [2.45, 2.75) is 45.1 Å². The van der Waals surface area contributed by atoms with Crippen LogP contribution in [0.4, 0.5) is 0 Å². The molecule has 2 aliphatic carbocycles. The molecule has 2 fully saturated rings. The van der Waals surface area contributed by atoms with Gasteiger partial charge in [-0.2, -0.15) is 0 Å². The number of hydrogen-bond donors (Lipinski definition) is 1. The maximum absolute atomic E-state index is 6.04. The highest BCUT2D eigenvalue weighted by Gasteiger charge is 2.42. The van der Waals surface area contributed by atoms with Crippen LogP contribution in [0.2, 0.25) is 4.34 Å². The van der Waals surface area contributed by atoms with Gasteiger partial charge in [-0.15, -0.1) is 11.3 Å². The molecule has 18 heavy (non-hydrogen) atoms. The minimum Gasteiger partial charge on any atom is -0.314 e. The number of halogens is 1. The van der Waals surface area contributed by atoms with Crippen molar-refractivity contribution >= 4 is 22.9 Å². The molecule has 1 aromatic heterocycles. The van der Waals surface area contributed by atoms with Crippen LogP contribution >= 0.6 is 22.9 Å². The third-order valence-corrected chi connectivity index (χ3v) is 6.08. The lowest BCUT2D eigenvalue weighted by Crippen LogP contribution is -2.40. The Morgan fingerprint density at radius 3 is 2.83 bits per heavy atom. The van der Waals surface area contributed by atoms with Crippen molar-refractivity contribution in [1.82, 2.24) is 5.32 Å². The van der Waals surface area contributed by atoms with Gasteiger partial charge in [-0.1, -0.05) is 24.9 Å². The van der Waals surface area contributed by atoms with Gasteiger partial charge in [-0.25, -0.2) is 0 Å². The predicted octanol–water partition coefficient (Wildman–Crippen LogP) is 4.36. The molecule has 0 amide bonds. The first-order chi connectivity index (χ1) is 8.76. The molecule has 1 heterocycles. The molecule has 0 radical (unpaired) electrons. The fourth-order valence-electron chi connectivity index (χ4n) is 4.10. The average Bonchev–Trinajstić information content (AvgIpc) is 3.05. The smallest absolute Gasteiger partial charge is 0.0931 e. The molecule has 4 unspecified atom stereocenters. The molecule has 100 valence electrons. The molecule has 1 aromatic rings. The van der Waals surface area contributed by atoms with Gasteiger partial charge in [0.1, 0.15) is 0 Å². The highest BCUT2D eigenvalue weighted by atomic mass is 35.5. The summed E-state index contributed by atoms with van der Waals surface area (Å²) in [6, 6.07) is 4.90. The van der Waals surface area contributed by atoms with E-state index in [-0.39, 0.29) is 0 Å². The van der Waals surface area contributed by atoms with E-state index < -0.39 is 0 Å². The zero-order valence-electron chi connectivity index (χ0n) is 11.0. The van der Waals surface area contributed by atoms with E-state index >= 15 is 0 Å². The first kappa shape index (κ1) is 13.0. The van der Waals surface area contributed by atoms with E-state index in [1.54, 1.807) is 11.3 Å². The summed E-state index contributed by atoms with van der Waals surface area (Å²) in [5.74, 6) is 2.94. The largest absolute Gasteiger partial charge is 0.314 e. The van der Waals surface area contributed by atoms with Gasteiger partial charge in [0.2, 0.25) is 0 Å². The Morgan fingerprint density at radius 1 is 1.39 bits per heavy atom.